The summed E-state index contributed by atoms with van der Waals surface area (Å²) in [7, 11) is 0. The van der Waals surface area contributed by atoms with Crippen LogP contribution in [0.3, 0.4) is 0 Å². The minimum absolute atomic E-state index is 0.245. The number of hydrogen-bond donors (Lipinski definition) is 3. The van der Waals surface area contributed by atoms with Gasteiger partial charge in [0.2, 0.25) is 0 Å². The van der Waals surface area contributed by atoms with Gasteiger partial charge in [-0.2, -0.15) is 0 Å². The summed E-state index contributed by atoms with van der Waals surface area (Å²) in [6.07, 6.45) is 0. The molecule has 8 heteroatoms. The first-order chi connectivity index (χ1) is 9.38. The van der Waals surface area contributed by atoms with E-state index in [2.05, 4.69) is 15.4 Å². The van der Waals surface area contributed by atoms with Crippen molar-refractivity contribution in [3.8, 4) is 0 Å². The van der Waals surface area contributed by atoms with E-state index in [0.29, 0.717) is 0 Å². The highest BCUT2D eigenvalue weighted by Gasteiger charge is 2.16. The lowest BCUT2D eigenvalue weighted by Gasteiger charge is -2.11. The summed E-state index contributed by atoms with van der Waals surface area (Å²) in [5, 5.41) is 4.46. The van der Waals surface area contributed by atoms with E-state index in [0.717, 1.165) is 6.07 Å². The van der Waals surface area contributed by atoms with Gasteiger partial charge in [0.25, 0.3) is 5.91 Å². The van der Waals surface area contributed by atoms with Gasteiger partial charge in [0.1, 0.15) is 11.9 Å². The number of urea groups is 1. The summed E-state index contributed by atoms with van der Waals surface area (Å²) < 4.78 is 17.5. The number of amides is 3. The first-order valence-corrected chi connectivity index (χ1v) is 5.66. The molecule has 7 nitrogen and oxygen atoms in total. The Morgan fingerprint density at radius 3 is 2.70 bits per heavy atom. The van der Waals surface area contributed by atoms with Crippen molar-refractivity contribution in [2.75, 3.05) is 11.9 Å². The molecule has 1 aromatic rings. The third-order valence-corrected chi connectivity index (χ3v) is 2.17. The highest BCUT2D eigenvalue weighted by Crippen LogP contribution is 2.08. The van der Waals surface area contributed by atoms with Crippen molar-refractivity contribution in [1.82, 2.24) is 5.32 Å². The van der Waals surface area contributed by atoms with Crippen LogP contribution in [-0.2, 0) is 14.3 Å². The quantitative estimate of drug-likeness (QED) is 0.678. The van der Waals surface area contributed by atoms with Crippen LogP contribution in [0.25, 0.3) is 0 Å². The fourth-order valence-electron chi connectivity index (χ4n) is 1.30. The minimum Gasteiger partial charge on any atom is -0.454 e. The predicted octanol–water partition coefficient (Wildman–Crippen LogP) is 0.364. The number of primary amides is 1. The van der Waals surface area contributed by atoms with Crippen molar-refractivity contribution in [3.63, 3.8) is 0 Å². The number of esters is 1. The summed E-state index contributed by atoms with van der Waals surface area (Å²) in [6, 6.07) is 3.42. The van der Waals surface area contributed by atoms with Crippen LogP contribution in [0.2, 0.25) is 0 Å². The Hall–Kier alpha value is -2.64. The van der Waals surface area contributed by atoms with Crippen LogP contribution < -0.4 is 16.4 Å². The maximum absolute atomic E-state index is 12.9. The molecule has 1 aromatic carbocycles. The van der Waals surface area contributed by atoms with Gasteiger partial charge in [-0.15, -0.1) is 0 Å². The fraction of sp³-hybridized carbons (Fsp3) is 0.250. The number of carbonyl (C=O) groups is 3. The van der Waals surface area contributed by atoms with Crippen molar-refractivity contribution < 1.29 is 23.5 Å². The number of carbonyl (C=O) groups excluding carboxylic acids is 3. The number of benzene rings is 1. The average Bonchev–Trinajstić information content (AvgIpc) is 2.35. The molecule has 0 fully saturated rings. The fourth-order valence-corrected chi connectivity index (χ4v) is 1.30. The lowest BCUT2D eigenvalue weighted by atomic mass is 10.3. The smallest absolute Gasteiger partial charge is 0.328 e. The summed E-state index contributed by atoms with van der Waals surface area (Å²) >= 11 is 0. The zero-order chi connectivity index (χ0) is 15.1. The van der Waals surface area contributed by atoms with Gasteiger partial charge < -0.3 is 21.1 Å². The molecular weight excluding hydrogens is 269 g/mol. The number of ether oxygens (including phenoxy) is 1. The maximum atomic E-state index is 12.9. The molecule has 1 unspecified atom stereocenters. The van der Waals surface area contributed by atoms with E-state index in [-0.39, 0.29) is 5.69 Å². The third-order valence-electron chi connectivity index (χ3n) is 2.17. The second-order valence-electron chi connectivity index (χ2n) is 3.90. The molecule has 0 aliphatic heterocycles. The van der Waals surface area contributed by atoms with E-state index in [9.17, 15) is 18.8 Å². The first kappa shape index (κ1) is 15.4. The van der Waals surface area contributed by atoms with E-state index in [4.69, 9.17) is 5.73 Å². The molecule has 1 atom stereocenters. The van der Waals surface area contributed by atoms with Gasteiger partial charge in [-0.3, -0.25) is 4.79 Å². The van der Waals surface area contributed by atoms with Gasteiger partial charge in [-0.05, 0) is 25.1 Å². The van der Waals surface area contributed by atoms with E-state index in [1.807, 2.05) is 0 Å². The molecule has 0 heterocycles. The highest BCUT2D eigenvalue weighted by molar-refractivity contribution is 5.93. The first-order valence-electron chi connectivity index (χ1n) is 5.66. The molecule has 1 rings (SSSR count). The van der Waals surface area contributed by atoms with Crippen LogP contribution in [-0.4, -0.2) is 30.6 Å². The van der Waals surface area contributed by atoms with Crippen LogP contribution >= 0.6 is 0 Å². The van der Waals surface area contributed by atoms with E-state index >= 15 is 0 Å². The highest BCUT2D eigenvalue weighted by atomic mass is 19.1. The summed E-state index contributed by atoms with van der Waals surface area (Å²) in [5.74, 6) is -1.94. The van der Waals surface area contributed by atoms with Gasteiger partial charge in [-0.25, -0.2) is 14.0 Å². The summed E-state index contributed by atoms with van der Waals surface area (Å²) in [6.45, 7) is 0.803. The van der Waals surface area contributed by atoms with Crippen LogP contribution in [0.15, 0.2) is 24.3 Å². The zero-order valence-corrected chi connectivity index (χ0v) is 10.7. The average molecular weight is 283 g/mol. The van der Waals surface area contributed by atoms with E-state index in [1.54, 1.807) is 0 Å². The van der Waals surface area contributed by atoms with Gasteiger partial charge in [0.15, 0.2) is 6.61 Å². The Balaban J connectivity index is 2.40. The molecule has 0 saturated carbocycles. The normalized spacial score (nSPS) is 11.3. The van der Waals surface area contributed by atoms with Gasteiger partial charge in [0, 0.05) is 5.69 Å². The molecule has 0 bridgehead atoms. The monoisotopic (exact) mass is 283 g/mol. The minimum atomic E-state index is -0.963. The topological polar surface area (TPSA) is 111 Å². The molecule has 0 radical (unpaired) electrons. The van der Waals surface area contributed by atoms with Crippen LogP contribution in [0.1, 0.15) is 6.92 Å². The number of rotatable bonds is 5. The lowest BCUT2D eigenvalue weighted by molar-refractivity contribution is -0.148. The van der Waals surface area contributed by atoms with Gasteiger partial charge >= 0.3 is 12.0 Å². The zero-order valence-electron chi connectivity index (χ0n) is 10.7. The second kappa shape index (κ2) is 7.07. The number of nitrogens with one attached hydrogen (secondary N) is 2. The number of halogens is 1. The van der Waals surface area contributed by atoms with E-state index in [1.165, 1.54) is 25.1 Å². The van der Waals surface area contributed by atoms with Crippen LogP contribution in [0.4, 0.5) is 14.9 Å². The number of hydrogen-bond acceptors (Lipinski definition) is 4. The molecule has 0 aromatic heterocycles. The summed E-state index contributed by atoms with van der Waals surface area (Å²) in [4.78, 5) is 33.3. The van der Waals surface area contributed by atoms with Gasteiger partial charge in [-0.1, -0.05) is 6.07 Å². The Labute approximate surface area is 114 Å². The maximum Gasteiger partial charge on any atom is 0.328 e. The van der Waals surface area contributed by atoms with Crippen LogP contribution in [0.5, 0.6) is 0 Å². The molecule has 4 N–H and O–H groups in total. The molecule has 0 saturated heterocycles. The standard InChI is InChI=1S/C12H14FN3O4/c1-7(15-12(14)19)11(18)20-6-10(17)16-9-4-2-3-8(13)5-9/h2-5,7H,6H2,1H3,(H,16,17)(H3,14,15,19). The molecule has 0 aliphatic carbocycles. The third kappa shape index (κ3) is 5.34. The largest absolute Gasteiger partial charge is 0.454 e. The van der Waals surface area contributed by atoms with Crippen molar-refractivity contribution in [3.05, 3.63) is 30.1 Å². The van der Waals surface area contributed by atoms with Crippen LogP contribution in [0, 0.1) is 5.82 Å². The lowest BCUT2D eigenvalue weighted by Crippen LogP contribution is -2.43. The Morgan fingerprint density at radius 2 is 2.10 bits per heavy atom. The summed E-state index contributed by atoms with van der Waals surface area (Å²) in [5.41, 5.74) is 5.08. The van der Waals surface area contributed by atoms with Crippen molar-refractivity contribution in [2.24, 2.45) is 5.73 Å². The van der Waals surface area contributed by atoms with Gasteiger partial charge in [0.05, 0.1) is 0 Å². The molecule has 0 spiro atoms. The number of nitrogens with two attached hydrogens (primary N) is 1. The molecule has 0 aliphatic rings. The molecule has 3 amide bonds. The predicted molar refractivity (Wildman–Crippen MR) is 68.2 cm³/mol. The van der Waals surface area contributed by atoms with Crippen molar-refractivity contribution >= 4 is 23.6 Å². The Kier molecular flexibility index (Phi) is 5.45. The van der Waals surface area contributed by atoms with Crippen molar-refractivity contribution in [1.29, 1.82) is 0 Å². The SMILES string of the molecule is CC(NC(N)=O)C(=O)OCC(=O)Nc1cccc(F)c1. The second-order valence-corrected chi connectivity index (χ2v) is 3.90. The molecule has 20 heavy (non-hydrogen) atoms. The van der Waals surface area contributed by atoms with Crippen molar-refractivity contribution in [2.45, 2.75) is 13.0 Å². The number of anilines is 1. The van der Waals surface area contributed by atoms with E-state index < -0.39 is 36.4 Å². The molecular formula is C12H14FN3O4. The molecule has 108 valence electrons. The Morgan fingerprint density at radius 1 is 1.40 bits per heavy atom. The Bertz CT molecular complexity index is 521.